The van der Waals surface area contributed by atoms with Gasteiger partial charge in [-0.25, -0.2) is 4.79 Å². The second-order valence-corrected chi connectivity index (χ2v) is 7.82. The van der Waals surface area contributed by atoms with E-state index < -0.39 is 24.0 Å². The van der Waals surface area contributed by atoms with Gasteiger partial charge >= 0.3 is 5.97 Å². The second kappa shape index (κ2) is 8.95. The third kappa shape index (κ3) is 4.59. The first-order chi connectivity index (χ1) is 14.3. The Morgan fingerprint density at radius 3 is 1.90 bits per heavy atom. The Kier molecular flexibility index (Phi) is 6.35. The van der Waals surface area contributed by atoms with Crippen molar-refractivity contribution in [2.45, 2.75) is 39.3 Å². The van der Waals surface area contributed by atoms with E-state index in [1.54, 1.807) is 13.8 Å². The first-order valence-corrected chi connectivity index (χ1v) is 9.97. The van der Waals surface area contributed by atoms with E-state index in [4.69, 9.17) is 0 Å². The molecule has 0 saturated carbocycles. The number of rotatable bonds is 7. The van der Waals surface area contributed by atoms with Crippen LogP contribution in [0.3, 0.4) is 0 Å². The van der Waals surface area contributed by atoms with Gasteiger partial charge in [0, 0.05) is 13.3 Å². The first kappa shape index (κ1) is 21.3. The molecule has 0 aliphatic heterocycles. The van der Waals surface area contributed by atoms with Crippen LogP contribution in [-0.4, -0.2) is 35.0 Å². The number of amides is 2. The van der Waals surface area contributed by atoms with Crippen LogP contribution >= 0.6 is 0 Å². The Bertz CT molecular complexity index is 1050. The van der Waals surface area contributed by atoms with Gasteiger partial charge in [-0.3, -0.25) is 9.59 Å². The Morgan fingerprint density at radius 1 is 0.900 bits per heavy atom. The fourth-order valence-corrected chi connectivity index (χ4v) is 3.75. The lowest BCUT2D eigenvalue weighted by Gasteiger charge is -2.24. The van der Waals surface area contributed by atoms with Crippen molar-refractivity contribution in [3.8, 4) is 0 Å². The molecule has 0 unspecified atom stereocenters. The highest BCUT2D eigenvalue weighted by Gasteiger charge is 2.28. The number of benzene rings is 3. The van der Waals surface area contributed by atoms with Gasteiger partial charge in [0.1, 0.15) is 12.1 Å². The number of carboxylic acid groups (broad SMARTS) is 1. The monoisotopic (exact) mass is 406 g/mol. The van der Waals surface area contributed by atoms with Crippen LogP contribution in [0.5, 0.6) is 0 Å². The Morgan fingerprint density at radius 2 is 1.43 bits per heavy atom. The summed E-state index contributed by atoms with van der Waals surface area (Å²) in [5.41, 5.74) is 0.872. The average molecular weight is 406 g/mol. The van der Waals surface area contributed by atoms with Crippen LogP contribution in [-0.2, 0) is 20.8 Å². The van der Waals surface area contributed by atoms with Crippen LogP contribution in [0.25, 0.3) is 21.5 Å². The minimum absolute atomic E-state index is 0.133. The summed E-state index contributed by atoms with van der Waals surface area (Å²) in [6, 6.07) is 15.8. The van der Waals surface area contributed by atoms with Crippen LogP contribution in [0.4, 0.5) is 0 Å². The van der Waals surface area contributed by atoms with Crippen molar-refractivity contribution in [1.82, 2.24) is 10.6 Å². The highest BCUT2D eigenvalue weighted by molar-refractivity contribution is 6.02. The molecule has 2 atom stereocenters. The van der Waals surface area contributed by atoms with Gasteiger partial charge in [0.25, 0.3) is 0 Å². The number of hydrogen-bond acceptors (Lipinski definition) is 3. The lowest BCUT2D eigenvalue weighted by molar-refractivity contribution is -0.142. The SMILES string of the molecule is CC(=O)N[C@@H](C(=O)N[C@H](Cc1c2ccccc2cc2ccccc12)C(=O)O)C(C)C. The van der Waals surface area contributed by atoms with E-state index in [-0.39, 0.29) is 18.2 Å². The second-order valence-electron chi connectivity index (χ2n) is 7.82. The Hall–Kier alpha value is -3.41. The van der Waals surface area contributed by atoms with E-state index >= 15 is 0 Å². The molecule has 3 aromatic rings. The van der Waals surface area contributed by atoms with Crippen molar-refractivity contribution in [2.24, 2.45) is 5.92 Å². The Balaban J connectivity index is 1.99. The topological polar surface area (TPSA) is 95.5 Å². The molecule has 3 aromatic carbocycles. The predicted molar refractivity (Wildman–Crippen MR) is 117 cm³/mol. The molecule has 2 amide bonds. The van der Waals surface area contributed by atoms with Gasteiger partial charge in [-0.2, -0.15) is 0 Å². The number of aliphatic carboxylic acids is 1. The van der Waals surface area contributed by atoms with E-state index in [0.717, 1.165) is 27.1 Å². The summed E-state index contributed by atoms with van der Waals surface area (Å²) in [7, 11) is 0. The molecule has 0 aromatic heterocycles. The normalized spacial score (nSPS) is 13.2. The average Bonchev–Trinajstić information content (AvgIpc) is 2.70. The molecule has 30 heavy (non-hydrogen) atoms. The largest absolute Gasteiger partial charge is 0.480 e. The van der Waals surface area contributed by atoms with Gasteiger partial charge < -0.3 is 15.7 Å². The van der Waals surface area contributed by atoms with Gasteiger partial charge in [-0.1, -0.05) is 62.4 Å². The maximum Gasteiger partial charge on any atom is 0.326 e. The minimum Gasteiger partial charge on any atom is -0.480 e. The van der Waals surface area contributed by atoms with E-state index in [9.17, 15) is 19.5 Å². The van der Waals surface area contributed by atoms with Crippen LogP contribution in [0.15, 0.2) is 54.6 Å². The number of carbonyl (C=O) groups is 3. The fourth-order valence-electron chi connectivity index (χ4n) is 3.75. The summed E-state index contributed by atoms with van der Waals surface area (Å²) in [5, 5.41) is 19.0. The molecule has 0 saturated heterocycles. The van der Waals surface area contributed by atoms with Crippen molar-refractivity contribution in [3.63, 3.8) is 0 Å². The summed E-state index contributed by atoms with van der Waals surface area (Å²) >= 11 is 0. The van der Waals surface area contributed by atoms with E-state index in [2.05, 4.69) is 16.7 Å². The highest BCUT2D eigenvalue weighted by atomic mass is 16.4. The third-order valence-electron chi connectivity index (χ3n) is 5.21. The highest BCUT2D eigenvalue weighted by Crippen LogP contribution is 2.29. The number of nitrogens with one attached hydrogen (secondary N) is 2. The maximum absolute atomic E-state index is 12.8. The van der Waals surface area contributed by atoms with E-state index in [0.29, 0.717) is 0 Å². The number of fused-ring (bicyclic) bond motifs is 2. The van der Waals surface area contributed by atoms with Gasteiger partial charge in [0.2, 0.25) is 11.8 Å². The van der Waals surface area contributed by atoms with E-state index in [1.165, 1.54) is 6.92 Å². The van der Waals surface area contributed by atoms with Gasteiger partial charge in [-0.15, -0.1) is 0 Å². The summed E-state index contributed by atoms with van der Waals surface area (Å²) in [6.07, 6.45) is 0.133. The summed E-state index contributed by atoms with van der Waals surface area (Å²) in [6.45, 7) is 4.93. The molecule has 6 nitrogen and oxygen atoms in total. The van der Waals surface area contributed by atoms with Crippen LogP contribution in [0.2, 0.25) is 0 Å². The van der Waals surface area contributed by atoms with Crippen molar-refractivity contribution in [1.29, 1.82) is 0 Å². The number of hydrogen-bond donors (Lipinski definition) is 3. The molecule has 3 rings (SSSR count). The molecule has 0 bridgehead atoms. The lowest BCUT2D eigenvalue weighted by Crippen LogP contribution is -2.53. The summed E-state index contributed by atoms with van der Waals surface area (Å²) < 4.78 is 0. The van der Waals surface area contributed by atoms with Gasteiger partial charge in [0.05, 0.1) is 0 Å². The van der Waals surface area contributed by atoms with Crippen LogP contribution in [0.1, 0.15) is 26.3 Å². The molecule has 0 aliphatic rings. The molecule has 0 fully saturated rings. The molecular formula is C24H26N2O4. The van der Waals surface area contributed by atoms with Crippen molar-refractivity contribution < 1.29 is 19.5 Å². The summed E-state index contributed by atoms with van der Waals surface area (Å²) in [5.74, 6) is -2.14. The predicted octanol–water partition coefficient (Wildman–Crippen LogP) is 3.27. The number of carbonyl (C=O) groups excluding carboxylic acids is 2. The quantitative estimate of drug-likeness (QED) is 0.525. The van der Waals surface area contributed by atoms with Crippen LogP contribution in [0, 0.1) is 5.92 Å². The summed E-state index contributed by atoms with van der Waals surface area (Å²) in [4.78, 5) is 36.2. The van der Waals surface area contributed by atoms with Crippen LogP contribution < -0.4 is 10.6 Å². The zero-order chi connectivity index (χ0) is 21.8. The molecular weight excluding hydrogens is 380 g/mol. The molecule has 0 radical (unpaired) electrons. The smallest absolute Gasteiger partial charge is 0.326 e. The van der Waals surface area contributed by atoms with Crippen molar-refractivity contribution in [2.75, 3.05) is 0 Å². The lowest BCUT2D eigenvalue weighted by atomic mass is 9.92. The van der Waals surface area contributed by atoms with Gasteiger partial charge in [0.15, 0.2) is 0 Å². The molecule has 0 aliphatic carbocycles. The fraction of sp³-hybridized carbons (Fsp3) is 0.292. The Labute approximate surface area is 175 Å². The molecule has 6 heteroatoms. The maximum atomic E-state index is 12.8. The zero-order valence-electron chi connectivity index (χ0n) is 17.3. The van der Waals surface area contributed by atoms with Crippen molar-refractivity contribution >= 4 is 39.3 Å². The van der Waals surface area contributed by atoms with Gasteiger partial charge in [-0.05, 0) is 39.1 Å². The molecule has 3 N–H and O–H groups in total. The molecule has 156 valence electrons. The minimum atomic E-state index is -1.12. The number of carboxylic acids is 1. The van der Waals surface area contributed by atoms with Crippen molar-refractivity contribution in [3.05, 3.63) is 60.2 Å². The molecule has 0 heterocycles. The molecule has 0 spiro atoms. The first-order valence-electron chi connectivity index (χ1n) is 9.97. The van der Waals surface area contributed by atoms with E-state index in [1.807, 2.05) is 48.5 Å². The third-order valence-corrected chi connectivity index (χ3v) is 5.21. The zero-order valence-corrected chi connectivity index (χ0v) is 17.3. The standard InChI is InChI=1S/C24H26N2O4/c1-14(2)22(25-15(3)27)23(28)26-21(24(29)30)13-20-18-10-6-4-8-16(18)12-17-9-5-7-11-19(17)20/h4-12,14,21-22H,13H2,1-3H3,(H,25,27)(H,26,28)(H,29,30)/t21-,22-/m1/s1.